The summed E-state index contributed by atoms with van der Waals surface area (Å²) in [7, 11) is 0. The lowest BCUT2D eigenvalue weighted by Gasteiger charge is -2.34. The molecule has 0 radical (unpaired) electrons. The Morgan fingerprint density at radius 3 is 2.72 bits per heavy atom. The van der Waals surface area contributed by atoms with Gasteiger partial charge < -0.3 is 5.32 Å². The van der Waals surface area contributed by atoms with Crippen molar-refractivity contribution in [2.24, 2.45) is 5.92 Å². The SMILES string of the molecule is CCCNC(CCC)CN1CCC2CCCCC21. The molecule has 2 heteroatoms. The molecule has 2 aliphatic rings. The van der Waals surface area contributed by atoms with Gasteiger partial charge in [-0.05, 0) is 51.1 Å². The summed E-state index contributed by atoms with van der Waals surface area (Å²) >= 11 is 0. The number of hydrogen-bond acceptors (Lipinski definition) is 2. The molecule has 2 fully saturated rings. The summed E-state index contributed by atoms with van der Waals surface area (Å²) in [5.41, 5.74) is 0. The third kappa shape index (κ3) is 3.71. The standard InChI is InChI=1S/C16H32N2/c1-3-7-15(17-11-4-2)13-18-12-10-14-8-5-6-9-16(14)18/h14-17H,3-13H2,1-2H3. The van der Waals surface area contributed by atoms with Gasteiger partial charge in [0.25, 0.3) is 0 Å². The molecule has 0 aromatic heterocycles. The summed E-state index contributed by atoms with van der Waals surface area (Å²) in [6.45, 7) is 8.43. The largest absolute Gasteiger partial charge is 0.313 e. The van der Waals surface area contributed by atoms with Crippen molar-refractivity contribution in [3.05, 3.63) is 0 Å². The van der Waals surface area contributed by atoms with Crippen LogP contribution < -0.4 is 5.32 Å². The highest BCUT2D eigenvalue weighted by atomic mass is 15.2. The maximum atomic E-state index is 3.75. The van der Waals surface area contributed by atoms with Gasteiger partial charge in [0.15, 0.2) is 0 Å². The fourth-order valence-corrected chi connectivity index (χ4v) is 3.97. The van der Waals surface area contributed by atoms with Gasteiger partial charge in [-0.25, -0.2) is 0 Å². The van der Waals surface area contributed by atoms with Gasteiger partial charge in [-0.1, -0.05) is 33.1 Å². The van der Waals surface area contributed by atoms with Crippen molar-refractivity contribution < 1.29 is 0 Å². The van der Waals surface area contributed by atoms with E-state index in [1.54, 1.807) is 0 Å². The smallest absolute Gasteiger partial charge is 0.0195 e. The molecule has 1 N–H and O–H groups in total. The number of fused-ring (bicyclic) bond motifs is 1. The molecule has 0 aromatic rings. The molecule has 2 nitrogen and oxygen atoms in total. The van der Waals surface area contributed by atoms with Crippen LogP contribution in [0.3, 0.4) is 0 Å². The van der Waals surface area contributed by atoms with Crippen molar-refractivity contribution in [3.8, 4) is 0 Å². The Balaban J connectivity index is 1.82. The first kappa shape index (κ1) is 14.3. The van der Waals surface area contributed by atoms with Crippen molar-refractivity contribution in [2.45, 2.75) is 77.3 Å². The van der Waals surface area contributed by atoms with Gasteiger partial charge in [-0.3, -0.25) is 4.90 Å². The highest BCUT2D eigenvalue weighted by Gasteiger charge is 2.36. The van der Waals surface area contributed by atoms with E-state index in [1.807, 2.05) is 0 Å². The summed E-state index contributed by atoms with van der Waals surface area (Å²) in [5, 5.41) is 3.75. The van der Waals surface area contributed by atoms with Gasteiger partial charge in [0, 0.05) is 18.6 Å². The van der Waals surface area contributed by atoms with E-state index < -0.39 is 0 Å². The van der Waals surface area contributed by atoms with Gasteiger partial charge in [0.05, 0.1) is 0 Å². The second-order valence-electron chi connectivity index (χ2n) is 6.34. The zero-order chi connectivity index (χ0) is 12.8. The zero-order valence-electron chi connectivity index (χ0n) is 12.5. The van der Waals surface area contributed by atoms with E-state index in [1.165, 1.54) is 71.0 Å². The Labute approximate surface area is 114 Å². The normalized spacial score (nSPS) is 30.3. The Morgan fingerprint density at radius 1 is 1.11 bits per heavy atom. The van der Waals surface area contributed by atoms with Gasteiger partial charge in [0.1, 0.15) is 0 Å². The highest BCUT2D eigenvalue weighted by Crippen LogP contribution is 2.36. The van der Waals surface area contributed by atoms with Crippen LogP contribution in [0.4, 0.5) is 0 Å². The van der Waals surface area contributed by atoms with Crippen molar-refractivity contribution in [1.82, 2.24) is 10.2 Å². The van der Waals surface area contributed by atoms with Crippen molar-refractivity contribution in [2.75, 3.05) is 19.6 Å². The Morgan fingerprint density at radius 2 is 1.94 bits per heavy atom. The van der Waals surface area contributed by atoms with E-state index >= 15 is 0 Å². The first-order chi connectivity index (χ1) is 8.85. The van der Waals surface area contributed by atoms with Gasteiger partial charge >= 0.3 is 0 Å². The van der Waals surface area contributed by atoms with Gasteiger partial charge in [0.2, 0.25) is 0 Å². The summed E-state index contributed by atoms with van der Waals surface area (Å²) in [4.78, 5) is 2.81. The van der Waals surface area contributed by atoms with Crippen LogP contribution in [-0.2, 0) is 0 Å². The predicted molar refractivity (Wildman–Crippen MR) is 78.9 cm³/mol. The number of hydrogen-bond donors (Lipinski definition) is 1. The van der Waals surface area contributed by atoms with Crippen LogP contribution in [0.25, 0.3) is 0 Å². The third-order valence-corrected chi connectivity index (χ3v) is 4.90. The zero-order valence-corrected chi connectivity index (χ0v) is 12.5. The molecule has 1 saturated heterocycles. The lowest BCUT2D eigenvalue weighted by Crippen LogP contribution is -2.44. The van der Waals surface area contributed by atoms with Crippen molar-refractivity contribution in [3.63, 3.8) is 0 Å². The lowest BCUT2D eigenvalue weighted by atomic mass is 9.85. The summed E-state index contributed by atoms with van der Waals surface area (Å²) in [6.07, 6.45) is 11.3. The minimum atomic E-state index is 0.732. The third-order valence-electron chi connectivity index (χ3n) is 4.90. The minimum Gasteiger partial charge on any atom is -0.313 e. The monoisotopic (exact) mass is 252 g/mol. The lowest BCUT2D eigenvalue weighted by molar-refractivity contribution is 0.164. The molecule has 18 heavy (non-hydrogen) atoms. The van der Waals surface area contributed by atoms with Crippen LogP contribution in [0, 0.1) is 5.92 Å². The maximum absolute atomic E-state index is 3.75. The van der Waals surface area contributed by atoms with E-state index in [9.17, 15) is 0 Å². The molecular formula is C16H32N2. The summed E-state index contributed by atoms with van der Waals surface area (Å²) in [5.74, 6) is 1.03. The highest BCUT2D eigenvalue weighted by molar-refractivity contribution is 4.91. The molecular weight excluding hydrogens is 220 g/mol. The first-order valence-corrected chi connectivity index (χ1v) is 8.32. The van der Waals surface area contributed by atoms with Crippen LogP contribution in [0.1, 0.15) is 65.2 Å². The second-order valence-corrected chi connectivity index (χ2v) is 6.34. The number of nitrogens with one attached hydrogen (secondary N) is 1. The van der Waals surface area contributed by atoms with Crippen LogP contribution in [-0.4, -0.2) is 36.6 Å². The number of rotatable bonds is 7. The Hall–Kier alpha value is -0.0800. The average molecular weight is 252 g/mol. The van der Waals surface area contributed by atoms with Crippen LogP contribution >= 0.6 is 0 Å². The molecule has 3 unspecified atom stereocenters. The molecule has 106 valence electrons. The van der Waals surface area contributed by atoms with E-state index in [2.05, 4.69) is 24.1 Å². The van der Waals surface area contributed by atoms with Gasteiger partial charge in [-0.15, -0.1) is 0 Å². The van der Waals surface area contributed by atoms with Crippen LogP contribution in [0.15, 0.2) is 0 Å². The van der Waals surface area contributed by atoms with Crippen molar-refractivity contribution in [1.29, 1.82) is 0 Å². The topological polar surface area (TPSA) is 15.3 Å². The molecule has 1 aliphatic heterocycles. The molecule has 0 spiro atoms. The maximum Gasteiger partial charge on any atom is 0.0195 e. The molecule has 1 aliphatic carbocycles. The quantitative estimate of drug-likeness (QED) is 0.747. The summed E-state index contributed by atoms with van der Waals surface area (Å²) in [6, 6.07) is 1.66. The molecule has 0 amide bonds. The molecule has 3 atom stereocenters. The molecule has 2 rings (SSSR count). The van der Waals surface area contributed by atoms with E-state index in [-0.39, 0.29) is 0 Å². The van der Waals surface area contributed by atoms with E-state index in [0.29, 0.717) is 0 Å². The van der Waals surface area contributed by atoms with E-state index in [0.717, 1.165) is 18.0 Å². The fourth-order valence-electron chi connectivity index (χ4n) is 3.97. The molecule has 1 saturated carbocycles. The average Bonchev–Trinajstić information content (AvgIpc) is 2.80. The van der Waals surface area contributed by atoms with Crippen LogP contribution in [0.5, 0.6) is 0 Å². The van der Waals surface area contributed by atoms with E-state index in [4.69, 9.17) is 0 Å². The molecule has 0 aromatic carbocycles. The van der Waals surface area contributed by atoms with Crippen molar-refractivity contribution >= 4 is 0 Å². The van der Waals surface area contributed by atoms with Gasteiger partial charge in [-0.2, -0.15) is 0 Å². The minimum absolute atomic E-state index is 0.732. The summed E-state index contributed by atoms with van der Waals surface area (Å²) < 4.78 is 0. The fraction of sp³-hybridized carbons (Fsp3) is 1.00. The van der Waals surface area contributed by atoms with Crippen LogP contribution in [0.2, 0.25) is 0 Å². The number of likely N-dealkylation sites (tertiary alicyclic amines) is 1. The molecule has 0 bridgehead atoms. The Kier molecular flexibility index (Phi) is 5.97. The second kappa shape index (κ2) is 7.49. The first-order valence-electron chi connectivity index (χ1n) is 8.32. The predicted octanol–water partition coefficient (Wildman–Crippen LogP) is 3.42. The number of nitrogens with zero attached hydrogens (tertiary/aromatic N) is 1. The molecule has 1 heterocycles. The Bertz CT molecular complexity index is 229.